The predicted molar refractivity (Wildman–Crippen MR) is 50.6 cm³/mol. The highest BCUT2D eigenvalue weighted by Crippen LogP contribution is 2.21. The normalized spacial score (nSPS) is 10.4. The summed E-state index contributed by atoms with van der Waals surface area (Å²) in [6.45, 7) is 5.90. The van der Waals surface area contributed by atoms with Crippen molar-refractivity contribution in [2.24, 2.45) is 0 Å². The summed E-state index contributed by atoms with van der Waals surface area (Å²) in [6.07, 6.45) is 0. The van der Waals surface area contributed by atoms with E-state index < -0.39 is 9.04 Å². The van der Waals surface area contributed by atoms with Crippen LogP contribution in [0.5, 0.6) is 5.75 Å². The Hall–Kier alpha value is -0.833. The van der Waals surface area contributed by atoms with E-state index in [0.29, 0.717) is 5.75 Å². The van der Waals surface area contributed by atoms with Crippen LogP contribution in [-0.4, -0.2) is 9.04 Å². The number of halogens is 1. The van der Waals surface area contributed by atoms with Crippen LogP contribution >= 0.6 is 0 Å². The van der Waals surface area contributed by atoms with Crippen LogP contribution in [0, 0.1) is 12.7 Å². The summed E-state index contributed by atoms with van der Waals surface area (Å²) < 4.78 is 18.5. The van der Waals surface area contributed by atoms with Gasteiger partial charge < -0.3 is 4.43 Å². The summed E-state index contributed by atoms with van der Waals surface area (Å²) in [6, 6.07) is 4.98. The van der Waals surface area contributed by atoms with Crippen molar-refractivity contribution in [3.05, 3.63) is 29.6 Å². The Labute approximate surface area is 73.9 Å². The Morgan fingerprint density at radius 2 is 2.00 bits per heavy atom. The van der Waals surface area contributed by atoms with Gasteiger partial charge in [-0.1, -0.05) is 12.1 Å². The lowest BCUT2D eigenvalue weighted by Gasteiger charge is -2.12. The van der Waals surface area contributed by atoms with E-state index in [4.69, 9.17) is 4.43 Å². The van der Waals surface area contributed by atoms with Crippen molar-refractivity contribution >= 4 is 9.04 Å². The highest BCUT2D eigenvalue weighted by atomic mass is 28.3. The highest BCUT2D eigenvalue weighted by molar-refractivity contribution is 6.49. The monoisotopic (exact) mass is 184 g/mol. The van der Waals surface area contributed by atoms with Gasteiger partial charge in [0.15, 0.2) is 5.82 Å². The number of benzene rings is 1. The van der Waals surface area contributed by atoms with Crippen molar-refractivity contribution in [1.29, 1.82) is 0 Å². The summed E-state index contributed by atoms with van der Waals surface area (Å²) in [5, 5.41) is 0. The van der Waals surface area contributed by atoms with Crippen LogP contribution in [0.3, 0.4) is 0 Å². The SMILES string of the molecule is Cc1cccc(F)c1O[SiH](C)C. The zero-order valence-corrected chi connectivity index (χ0v) is 8.75. The Morgan fingerprint density at radius 3 is 2.50 bits per heavy atom. The minimum atomic E-state index is -1.19. The van der Waals surface area contributed by atoms with Gasteiger partial charge in [-0.05, 0) is 31.6 Å². The second-order valence-electron chi connectivity index (χ2n) is 3.05. The molecule has 1 rings (SSSR count). The number of hydrogen-bond donors (Lipinski definition) is 0. The van der Waals surface area contributed by atoms with Crippen molar-refractivity contribution < 1.29 is 8.82 Å². The largest absolute Gasteiger partial charge is 0.545 e. The van der Waals surface area contributed by atoms with Crippen molar-refractivity contribution in [2.75, 3.05) is 0 Å². The fourth-order valence-corrected chi connectivity index (χ4v) is 1.77. The smallest absolute Gasteiger partial charge is 0.229 e. The average molecular weight is 184 g/mol. The van der Waals surface area contributed by atoms with E-state index in [1.54, 1.807) is 6.07 Å². The van der Waals surface area contributed by atoms with E-state index in [1.807, 2.05) is 26.1 Å². The van der Waals surface area contributed by atoms with Gasteiger partial charge in [-0.25, -0.2) is 4.39 Å². The van der Waals surface area contributed by atoms with Crippen LogP contribution in [0.4, 0.5) is 4.39 Å². The molecule has 1 aromatic carbocycles. The van der Waals surface area contributed by atoms with Crippen LogP contribution in [0.1, 0.15) is 5.56 Å². The van der Waals surface area contributed by atoms with Gasteiger partial charge in [0, 0.05) is 0 Å². The van der Waals surface area contributed by atoms with Crippen molar-refractivity contribution in [2.45, 2.75) is 20.0 Å². The van der Waals surface area contributed by atoms with Gasteiger partial charge >= 0.3 is 0 Å². The molecule has 3 heteroatoms. The molecule has 0 amide bonds. The lowest BCUT2D eigenvalue weighted by Crippen LogP contribution is -2.13. The fraction of sp³-hybridized carbons (Fsp3) is 0.333. The predicted octanol–water partition coefficient (Wildman–Crippen LogP) is 2.50. The van der Waals surface area contributed by atoms with Crippen molar-refractivity contribution in [3.63, 3.8) is 0 Å². The second kappa shape index (κ2) is 3.71. The van der Waals surface area contributed by atoms with E-state index in [0.717, 1.165) is 5.56 Å². The van der Waals surface area contributed by atoms with Gasteiger partial charge in [-0.2, -0.15) is 0 Å². The highest BCUT2D eigenvalue weighted by Gasteiger charge is 2.07. The van der Waals surface area contributed by atoms with Gasteiger partial charge in [0.25, 0.3) is 0 Å². The van der Waals surface area contributed by atoms with Crippen molar-refractivity contribution in [3.8, 4) is 5.75 Å². The van der Waals surface area contributed by atoms with Gasteiger partial charge in [-0.15, -0.1) is 0 Å². The van der Waals surface area contributed by atoms with E-state index in [2.05, 4.69) is 0 Å². The molecule has 0 N–H and O–H groups in total. The maximum atomic E-state index is 13.1. The molecule has 0 radical (unpaired) electrons. The Morgan fingerprint density at radius 1 is 1.33 bits per heavy atom. The first-order valence-electron chi connectivity index (χ1n) is 4.03. The third-order valence-electron chi connectivity index (χ3n) is 1.52. The molecule has 0 aromatic heterocycles. The van der Waals surface area contributed by atoms with Crippen LogP contribution in [0.15, 0.2) is 18.2 Å². The quantitative estimate of drug-likeness (QED) is 0.642. The molecule has 1 aromatic rings. The summed E-state index contributed by atoms with van der Waals surface area (Å²) >= 11 is 0. The van der Waals surface area contributed by atoms with Crippen molar-refractivity contribution in [1.82, 2.24) is 0 Å². The first kappa shape index (κ1) is 9.26. The standard InChI is InChI=1S/C9H13FOSi/c1-7-5-4-6-8(10)9(7)11-12(2)3/h4-6,12H,1-3H3. The first-order valence-corrected chi connectivity index (χ1v) is 6.81. The van der Waals surface area contributed by atoms with Gasteiger partial charge in [0.2, 0.25) is 9.04 Å². The number of hydrogen-bond acceptors (Lipinski definition) is 1. The number of rotatable bonds is 2. The molecule has 0 bridgehead atoms. The molecule has 0 unspecified atom stereocenters. The Balaban J connectivity index is 2.96. The minimum Gasteiger partial charge on any atom is -0.545 e. The van der Waals surface area contributed by atoms with Crippen LogP contribution in [-0.2, 0) is 0 Å². The lowest BCUT2D eigenvalue weighted by atomic mass is 10.2. The van der Waals surface area contributed by atoms with E-state index in [-0.39, 0.29) is 5.82 Å². The van der Waals surface area contributed by atoms with Gasteiger partial charge in [0.05, 0.1) is 0 Å². The van der Waals surface area contributed by atoms with Crippen LogP contribution in [0.2, 0.25) is 13.1 Å². The third-order valence-corrected chi connectivity index (χ3v) is 2.22. The molecule has 0 heterocycles. The Bertz CT molecular complexity index is 253. The molecular formula is C9H13FOSi. The summed E-state index contributed by atoms with van der Waals surface area (Å²) in [5.41, 5.74) is 0.871. The third kappa shape index (κ3) is 2.07. The number of para-hydroxylation sites is 1. The Kier molecular flexibility index (Phi) is 2.86. The van der Waals surface area contributed by atoms with E-state index in [9.17, 15) is 4.39 Å². The molecule has 0 atom stereocenters. The average Bonchev–Trinajstić information content (AvgIpc) is 1.97. The molecule has 0 aliphatic heterocycles. The van der Waals surface area contributed by atoms with Crippen LogP contribution in [0.25, 0.3) is 0 Å². The zero-order valence-electron chi connectivity index (χ0n) is 7.60. The summed E-state index contributed by atoms with van der Waals surface area (Å²) in [7, 11) is -1.19. The molecule has 0 saturated heterocycles. The van der Waals surface area contributed by atoms with E-state index in [1.165, 1.54) is 6.07 Å². The number of aryl methyl sites for hydroxylation is 1. The molecule has 1 nitrogen and oxygen atoms in total. The first-order chi connectivity index (χ1) is 5.61. The summed E-state index contributed by atoms with van der Waals surface area (Å²) in [5.74, 6) is 0.176. The molecule has 0 fully saturated rings. The maximum absolute atomic E-state index is 13.1. The molecule has 12 heavy (non-hydrogen) atoms. The maximum Gasteiger partial charge on any atom is 0.229 e. The zero-order chi connectivity index (χ0) is 9.14. The molecule has 0 aliphatic carbocycles. The van der Waals surface area contributed by atoms with Gasteiger partial charge in [0.1, 0.15) is 5.75 Å². The second-order valence-corrected chi connectivity index (χ2v) is 5.39. The van der Waals surface area contributed by atoms with Crippen LogP contribution < -0.4 is 4.43 Å². The molecule has 0 spiro atoms. The van der Waals surface area contributed by atoms with Gasteiger partial charge in [-0.3, -0.25) is 0 Å². The minimum absolute atomic E-state index is 0.254. The molecule has 66 valence electrons. The molecule has 0 aliphatic rings. The lowest BCUT2D eigenvalue weighted by molar-refractivity contribution is 0.505. The molecular weight excluding hydrogens is 171 g/mol. The summed E-state index contributed by atoms with van der Waals surface area (Å²) in [4.78, 5) is 0. The topological polar surface area (TPSA) is 9.23 Å². The van der Waals surface area contributed by atoms with E-state index >= 15 is 0 Å². The molecule has 0 saturated carbocycles. The fourth-order valence-electron chi connectivity index (χ4n) is 1.00.